The topological polar surface area (TPSA) is 73.7 Å². The van der Waals surface area contributed by atoms with Crippen molar-refractivity contribution in [3.05, 3.63) is 16.1 Å². The van der Waals surface area contributed by atoms with Gasteiger partial charge in [0.25, 0.3) is 0 Å². The van der Waals surface area contributed by atoms with E-state index in [9.17, 15) is 14.7 Å². The zero-order valence-corrected chi connectivity index (χ0v) is 15.1. The lowest BCUT2D eigenvalue weighted by molar-refractivity contribution is -0.147. The Bertz CT molecular complexity index is 598. The second-order valence-corrected chi connectivity index (χ2v) is 8.01. The molecule has 0 saturated carbocycles. The highest BCUT2D eigenvalue weighted by Gasteiger charge is 2.49. The van der Waals surface area contributed by atoms with Crippen LogP contribution in [0.1, 0.15) is 43.8 Å². The number of nitrogens with zero attached hydrogens (tertiary/aromatic N) is 3. The first-order chi connectivity index (χ1) is 11.4. The van der Waals surface area contributed by atoms with Crippen molar-refractivity contribution in [3.63, 3.8) is 0 Å². The molecule has 0 radical (unpaired) electrons. The van der Waals surface area contributed by atoms with Crippen LogP contribution in [0.3, 0.4) is 0 Å². The Morgan fingerprint density at radius 2 is 2.12 bits per heavy atom. The quantitative estimate of drug-likeness (QED) is 0.898. The van der Waals surface area contributed by atoms with Gasteiger partial charge in [0.15, 0.2) is 0 Å². The first kappa shape index (κ1) is 17.4. The summed E-state index contributed by atoms with van der Waals surface area (Å²) in [4.78, 5) is 31.8. The van der Waals surface area contributed by atoms with Crippen molar-refractivity contribution in [2.75, 3.05) is 19.6 Å². The number of aryl methyl sites for hydroxylation is 1. The number of aliphatic carboxylic acids is 1. The lowest BCUT2D eigenvalue weighted by Crippen LogP contribution is -2.42. The number of carboxylic acid groups (broad SMARTS) is 1. The average molecular weight is 351 g/mol. The Morgan fingerprint density at radius 1 is 1.42 bits per heavy atom. The number of thiazole rings is 1. The number of rotatable bonds is 4. The van der Waals surface area contributed by atoms with Crippen LogP contribution in [0.25, 0.3) is 0 Å². The molecule has 2 aliphatic heterocycles. The van der Waals surface area contributed by atoms with Gasteiger partial charge in [0.05, 0.1) is 10.7 Å². The van der Waals surface area contributed by atoms with E-state index in [1.165, 1.54) is 11.9 Å². The number of carbonyl (C=O) groups excluding carboxylic acids is 1. The molecule has 2 saturated heterocycles. The van der Waals surface area contributed by atoms with E-state index in [-0.39, 0.29) is 11.3 Å². The summed E-state index contributed by atoms with van der Waals surface area (Å²) in [5.74, 6) is -1.00. The Morgan fingerprint density at radius 3 is 2.62 bits per heavy atom. The first-order valence-electron chi connectivity index (χ1n) is 8.58. The van der Waals surface area contributed by atoms with Crippen LogP contribution in [-0.2, 0) is 22.6 Å². The third kappa shape index (κ3) is 3.47. The molecule has 0 aromatic carbocycles. The number of carboxylic acids is 1. The van der Waals surface area contributed by atoms with Crippen molar-refractivity contribution in [3.8, 4) is 0 Å². The molecule has 1 aromatic heterocycles. The zero-order valence-electron chi connectivity index (χ0n) is 14.3. The molecule has 1 aromatic rings. The number of piperidine rings is 1. The van der Waals surface area contributed by atoms with Gasteiger partial charge in [0.1, 0.15) is 6.04 Å². The molecule has 3 heterocycles. The van der Waals surface area contributed by atoms with Gasteiger partial charge in [0, 0.05) is 25.4 Å². The van der Waals surface area contributed by atoms with E-state index in [2.05, 4.69) is 22.2 Å². The predicted molar refractivity (Wildman–Crippen MR) is 91.9 cm³/mol. The number of hydrogen-bond acceptors (Lipinski definition) is 5. The van der Waals surface area contributed by atoms with Crippen LogP contribution in [0, 0.1) is 5.41 Å². The zero-order chi connectivity index (χ0) is 17.3. The smallest absolute Gasteiger partial charge is 0.326 e. The van der Waals surface area contributed by atoms with E-state index < -0.39 is 12.0 Å². The second kappa shape index (κ2) is 6.80. The van der Waals surface area contributed by atoms with E-state index in [0.29, 0.717) is 13.0 Å². The number of carbonyl (C=O) groups is 2. The molecule has 1 amide bonds. The van der Waals surface area contributed by atoms with Gasteiger partial charge in [-0.1, -0.05) is 6.92 Å². The maximum atomic E-state index is 11.8. The highest BCUT2D eigenvalue weighted by atomic mass is 32.1. The molecule has 2 fully saturated rings. The summed E-state index contributed by atoms with van der Waals surface area (Å²) < 4.78 is 0. The standard InChI is InChI=1S/C17H25N3O3S/c1-3-15-18-13(10-24-15)9-19-6-4-17(5-7-19)8-14(16(22)23)20(11-17)12(2)21/h10,14H,3-9,11H2,1-2H3,(H,22,23)/t14-/m0/s1. The summed E-state index contributed by atoms with van der Waals surface area (Å²) in [5, 5.41) is 12.7. The number of hydrogen-bond donors (Lipinski definition) is 1. The molecule has 1 atom stereocenters. The van der Waals surface area contributed by atoms with Gasteiger partial charge >= 0.3 is 5.97 Å². The van der Waals surface area contributed by atoms with Crippen molar-refractivity contribution in [2.45, 2.75) is 52.1 Å². The third-order valence-corrected chi connectivity index (χ3v) is 6.44. The lowest BCUT2D eigenvalue weighted by Gasteiger charge is -2.38. The van der Waals surface area contributed by atoms with E-state index in [1.54, 1.807) is 16.2 Å². The normalized spacial score (nSPS) is 23.8. The van der Waals surface area contributed by atoms with Crippen LogP contribution >= 0.6 is 11.3 Å². The molecule has 0 bridgehead atoms. The minimum atomic E-state index is -0.876. The first-order valence-corrected chi connectivity index (χ1v) is 9.46. The van der Waals surface area contributed by atoms with Gasteiger partial charge in [0.2, 0.25) is 5.91 Å². The van der Waals surface area contributed by atoms with Crippen LogP contribution in [-0.4, -0.2) is 57.4 Å². The lowest BCUT2D eigenvalue weighted by atomic mass is 9.76. The van der Waals surface area contributed by atoms with E-state index in [1.807, 2.05) is 0 Å². The van der Waals surface area contributed by atoms with E-state index in [0.717, 1.165) is 44.6 Å². The van der Waals surface area contributed by atoms with Gasteiger partial charge in [-0.15, -0.1) is 11.3 Å². The van der Waals surface area contributed by atoms with Crippen LogP contribution < -0.4 is 0 Å². The number of amides is 1. The molecular formula is C17H25N3O3S. The highest BCUT2D eigenvalue weighted by molar-refractivity contribution is 7.09. The minimum Gasteiger partial charge on any atom is -0.480 e. The fourth-order valence-corrected chi connectivity index (χ4v) is 4.70. The van der Waals surface area contributed by atoms with Crippen LogP contribution in [0.5, 0.6) is 0 Å². The summed E-state index contributed by atoms with van der Waals surface area (Å²) >= 11 is 1.72. The van der Waals surface area contributed by atoms with Crippen LogP contribution in [0.2, 0.25) is 0 Å². The van der Waals surface area contributed by atoms with Gasteiger partial charge in [-0.25, -0.2) is 9.78 Å². The molecule has 6 nitrogen and oxygen atoms in total. The second-order valence-electron chi connectivity index (χ2n) is 7.07. The van der Waals surface area contributed by atoms with E-state index >= 15 is 0 Å². The highest BCUT2D eigenvalue weighted by Crippen LogP contribution is 2.43. The minimum absolute atomic E-state index is 0.0259. The van der Waals surface area contributed by atoms with Crippen molar-refractivity contribution in [1.29, 1.82) is 0 Å². The Balaban J connectivity index is 1.60. The molecule has 24 heavy (non-hydrogen) atoms. The van der Waals surface area contributed by atoms with Crippen LogP contribution in [0.4, 0.5) is 0 Å². The number of aromatic nitrogens is 1. The van der Waals surface area contributed by atoms with Gasteiger partial charge in [-0.05, 0) is 44.2 Å². The van der Waals surface area contributed by atoms with Crippen molar-refractivity contribution < 1.29 is 14.7 Å². The van der Waals surface area contributed by atoms with Crippen molar-refractivity contribution in [1.82, 2.24) is 14.8 Å². The summed E-state index contributed by atoms with van der Waals surface area (Å²) in [6, 6.07) is -0.653. The largest absolute Gasteiger partial charge is 0.480 e. The molecule has 3 rings (SSSR count). The van der Waals surface area contributed by atoms with Crippen molar-refractivity contribution in [2.24, 2.45) is 5.41 Å². The molecule has 0 aliphatic carbocycles. The van der Waals surface area contributed by atoms with Gasteiger partial charge < -0.3 is 10.0 Å². The average Bonchev–Trinajstić information content (AvgIpc) is 3.15. The Labute approximate surface area is 146 Å². The van der Waals surface area contributed by atoms with Crippen molar-refractivity contribution >= 4 is 23.2 Å². The summed E-state index contributed by atoms with van der Waals surface area (Å²) in [5.41, 5.74) is 1.11. The third-order valence-electron chi connectivity index (χ3n) is 5.40. The number of likely N-dealkylation sites (tertiary alicyclic amines) is 2. The SMILES string of the molecule is CCc1nc(CN2CCC3(CC2)C[C@@H](C(=O)O)N(C(C)=O)C3)cs1. The molecular weight excluding hydrogens is 326 g/mol. The molecule has 132 valence electrons. The monoisotopic (exact) mass is 351 g/mol. The predicted octanol–water partition coefficient (Wildman–Crippen LogP) is 1.99. The maximum Gasteiger partial charge on any atom is 0.326 e. The maximum absolute atomic E-state index is 11.8. The van der Waals surface area contributed by atoms with E-state index in [4.69, 9.17) is 0 Å². The summed E-state index contributed by atoms with van der Waals surface area (Å²) in [6.07, 6.45) is 3.47. The fraction of sp³-hybridized carbons (Fsp3) is 0.706. The molecule has 0 unspecified atom stereocenters. The molecule has 1 spiro atoms. The Kier molecular flexibility index (Phi) is 4.92. The fourth-order valence-electron chi connectivity index (χ4n) is 3.97. The summed E-state index contributed by atoms with van der Waals surface area (Å²) in [7, 11) is 0. The summed E-state index contributed by atoms with van der Waals surface area (Å²) in [6.45, 7) is 6.92. The van der Waals surface area contributed by atoms with Gasteiger partial charge in [-0.3, -0.25) is 9.69 Å². The molecule has 7 heteroatoms. The molecule has 2 aliphatic rings. The van der Waals surface area contributed by atoms with Gasteiger partial charge in [-0.2, -0.15) is 0 Å². The van der Waals surface area contributed by atoms with Crippen LogP contribution in [0.15, 0.2) is 5.38 Å². The molecule has 1 N–H and O–H groups in total. The Hall–Kier alpha value is -1.47.